The molecule has 0 aromatic carbocycles. The monoisotopic (exact) mass is 256 g/mol. The van der Waals surface area contributed by atoms with Crippen LogP contribution in [0.15, 0.2) is 47.7 Å². The minimum Gasteiger partial charge on any atom is -0.477 e. The number of hydrogen-bond acceptors (Lipinski definition) is 5. The largest absolute Gasteiger partial charge is 0.477 e. The Morgan fingerprint density at radius 3 is 2.79 bits per heavy atom. The predicted octanol–water partition coefficient (Wildman–Crippen LogP) is 1.62. The molecule has 0 aliphatic heterocycles. The van der Waals surface area contributed by atoms with Crippen LogP contribution in [0.1, 0.15) is 10.5 Å². The first kappa shape index (κ1) is 11.1. The summed E-state index contributed by atoms with van der Waals surface area (Å²) in [6, 6.07) is 3.42. The Labute approximate surface area is 107 Å². The first-order chi connectivity index (χ1) is 9.25. The zero-order valence-electron chi connectivity index (χ0n) is 9.59. The van der Waals surface area contributed by atoms with Crippen molar-refractivity contribution in [2.75, 3.05) is 0 Å². The zero-order chi connectivity index (χ0) is 13.2. The molecule has 94 valence electrons. The Morgan fingerprint density at radius 1 is 1.26 bits per heavy atom. The summed E-state index contributed by atoms with van der Waals surface area (Å²) in [5.74, 6) is -0.135. The number of hydrogen-bond donors (Lipinski definition) is 1. The molecule has 0 radical (unpaired) electrons. The van der Waals surface area contributed by atoms with Crippen molar-refractivity contribution in [1.82, 2.24) is 19.5 Å². The van der Waals surface area contributed by atoms with Crippen LogP contribution in [0.25, 0.3) is 17.3 Å². The van der Waals surface area contributed by atoms with E-state index in [1.165, 1.54) is 23.4 Å². The highest BCUT2D eigenvalue weighted by atomic mass is 16.4. The Morgan fingerprint density at radius 2 is 2.16 bits per heavy atom. The summed E-state index contributed by atoms with van der Waals surface area (Å²) in [5, 5.41) is 9.01. The van der Waals surface area contributed by atoms with Crippen molar-refractivity contribution in [2.24, 2.45) is 0 Å². The third-order valence-electron chi connectivity index (χ3n) is 2.53. The molecule has 0 saturated heterocycles. The van der Waals surface area contributed by atoms with Gasteiger partial charge < -0.3 is 9.52 Å². The Kier molecular flexibility index (Phi) is 2.57. The molecule has 3 aromatic rings. The number of carbonyl (C=O) groups is 1. The Balaban J connectivity index is 1.99. The molecule has 0 bridgehead atoms. The van der Waals surface area contributed by atoms with Crippen LogP contribution in [0.4, 0.5) is 0 Å². The highest BCUT2D eigenvalue weighted by Gasteiger charge is 2.12. The van der Waals surface area contributed by atoms with E-state index in [4.69, 9.17) is 9.52 Å². The van der Waals surface area contributed by atoms with Gasteiger partial charge in [0.05, 0.1) is 18.0 Å². The number of pyridine rings is 1. The molecule has 0 aliphatic carbocycles. The lowest BCUT2D eigenvalue weighted by Crippen LogP contribution is -2.06. The van der Waals surface area contributed by atoms with Crippen molar-refractivity contribution < 1.29 is 14.3 Å². The third kappa shape index (κ3) is 1.97. The van der Waals surface area contributed by atoms with Gasteiger partial charge in [-0.05, 0) is 12.1 Å². The highest BCUT2D eigenvalue weighted by Crippen LogP contribution is 2.17. The fourth-order valence-electron chi connectivity index (χ4n) is 1.66. The standard InChI is InChI=1S/C12H8N4O3/c17-12(18)9-6-13-7-16(9)10-2-1-8(5-15-10)11-14-3-4-19-11/h1-7H,(H,17,18). The topological polar surface area (TPSA) is 94.0 Å². The molecule has 3 heterocycles. The van der Waals surface area contributed by atoms with Crippen molar-refractivity contribution in [3.05, 3.63) is 49.0 Å². The SMILES string of the molecule is O=C(O)c1cncn1-c1ccc(-c2ncco2)cn1. The van der Waals surface area contributed by atoms with Crippen molar-refractivity contribution in [3.8, 4) is 17.3 Å². The Bertz CT molecular complexity index is 701. The average molecular weight is 256 g/mol. The van der Waals surface area contributed by atoms with Gasteiger partial charge in [0.1, 0.15) is 18.4 Å². The van der Waals surface area contributed by atoms with E-state index < -0.39 is 5.97 Å². The van der Waals surface area contributed by atoms with Crippen molar-refractivity contribution >= 4 is 5.97 Å². The summed E-state index contributed by atoms with van der Waals surface area (Å²) in [4.78, 5) is 23.0. The molecule has 0 spiro atoms. The number of nitrogens with zero attached hydrogens (tertiary/aromatic N) is 4. The minimum atomic E-state index is -1.06. The second kappa shape index (κ2) is 4.37. The third-order valence-corrected chi connectivity index (χ3v) is 2.53. The fraction of sp³-hybridized carbons (Fsp3) is 0. The van der Waals surface area contributed by atoms with Gasteiger partial charge >= 0.3 is 5.97 Å². The van der Waals surface area contributed by atoms with Crippen LogP contribution in [0.3, 0.4) is 0 Å². The van der Waals surface area contributed by atoms with Crippen LogP contribution in [-0.4, -0.2) is 30.6 Å². The molecule has 0 saturated carbocycles. The second-order valence-corrected chi connectivity index (χ2v) is 3.70. The molecule has 19 heavy (non-hydrogen) atoms. The zero-order valence-corrected chi connectivity index (χ0v) is 9.59. The summed E-state index contributed by atoms with van der Waals surface area (Å²) in [6.45, 7) is 0. The first-order valence-corrected chi connectivity index (χ1v) is 5.37. The molecule has 0 aliphatic rings. The molecule has 0 atom stereocenters. The van der Waals surface area contributed by atoms with Crippen LogP contribution >= 0.6 is 0 Å². The molecular weight excluding hydrogens is 248 g/mol. The van der Waals surface area contributed by atoms with Gasteiger partial charge in [-0.25, -0.2) is 19.7 Å². The van der Waals surface area contributed by atoms with Gasteiger partial charge in [-0.15, -0.1) is 0 Å². The maximum absolute atomic E-state index is 11.0. The number of aromatic nitrogens is 4. The van der Waals surface area contributed by atoms with E-state index in [0.29, 0.717) is 17.3 Å². The predicted molar refractivity (Wildman–Crippen MR) is 63.8 cm³/mol. The van der Waals surface area contributed by atoms with Crippen LogP contribution in [0.5, 0.6) is 0 Å². The van der Waals surface area contributed by atoms with Gasteiger partial charge in [0.15, 0.2) is 5.69 Å². The van der Waals surface area contributed by atoms with Crippen LogP contribution in [-0.2, 0) is 0 Å². The van der Waals surface area contributed by atoms with Crippen molar-refractivity contribution in [1.29, 1.82) is 0 Å². The number of imidazole rings is 1. The molecule has 7 nitrogen and oxygen atoms in total. The van der Waals surface area contributed by atoms with E-state index in [0.717, 1.165) is 0 Å². The second-order valence-electron chi connectivity index (χ2n) is 3.70. The minimum absolute atomic E-state index is 0.0522. The molecular formula is C12H8N4O3. The van der Waals surface area contributed by atoms with Crippen molar-refractivity contribution in [2.45, 2.75) is 0 Å². The number of rotatable bonds is 3. The quantitative estimate of drug-likeness (QED) is 0.765. The lowest BCUT2D eigenvalue weighted by molar-refractivity contribution is 0.0688. The number of carboxylic acid groups (broad SMARTS) is 1. The van der Waals surface area contributed by atoms with E-state index >= 15 is 0 Å². The molecule has 1 N–H and O–H groups in total. The number of oxazole rings is 1. The van der Waals surface area contributed by atoms with E-state index in [1.807, 2.05) is 0 Å². The summed E-state index contributed by atoms with van der Waals surface area (Å²) in [5.41, 5.74) is 0.766. The summed E-state index contributed by atoms with van der Waals surface area (Å²) in [6.07, 6.45) is 7.25. The lowest BCUT2D eigenvalue weighted by Gasteiger charge is -2.04. The Hall–Kier alpha value is -2.96. The molecule has 7 heteroatoms. The van der Waals surface area contributed by atoms with E-state index in [-0.39, 0.29) is 5.69 Å². The molecule has 3 rings (SSSR count). The van der Waals surface area contributed by atoms with Gasteiger partial charge in [-0.3, -0.25) is 4.57 Å². The molecule has 3 aromatic heterocycles. The van der Waals surface area contributed by atoms with Gasteiger partial charge in [-0.1, -0.05) is 0 Å². The van der Waals surface area contributed by atoms with E-state index in [9.17, 15) is 4.79 Å². The molecule has 0 unspecified atom stereocenters. The smallest absolute Gasteiger partial charge is 0.354 e. The van der Waals surface area contributed by atoms with Gasteiger partial charge in [0, 0.05) is 6.20 Å². The van der Waals surface area contributed by atoms with Gasteiger partial charge in [-0.2, -0.15) is 0 Å². The van der Waals surface area contributed by atoms with E-state index in [1.54, 1.807) is 24.5 Å². The number of carboxylic acids is 1. The summed E-state index contributed by atoms with van der Waals surface area (Å²) < 4.78 is 6.54. The maximum Gasteiger partial charge on any atom is 0.354 e. The molecule has 0 amide bonds. The highest BCUT2D eigenvalue weighted by molar-refractivity contribution is 5.86. The number of aromatic carboxylic acids is 1. The van der Waals surface area contributed by atoms with Crippen LogP contribution in [0, 0.1) is 0 Å². The average Bonchev–Trinajstić information content (AvgIpc) is 3.10. The van der Waals surface area contributed by atoms with Gasteiger partial charge in [0.2, 0.25) is 5.89 Å². The summed E-state index contributed by atoms with van der Waals surface area (Å²) >= 11 is 0. The maximum atomic E-state index is 11.0. The van der Waals surface area contributed by atoms with E-state index in [2.05, 4.69) is 15.0 Å². The summed E-state index contributed by atoms with van der Waals surface area (Å²) in [7, 11) is 0. The normalized spacial score (nSPS) is 10.5. The molecule has 0 fully saturated rings. The lowest BCUT2D eigenvalue weighted by atomic mass is 10.3. The van der Waals surface area contributed by atoms with Crippen LogP contribution < -0.4 is 0 Å². The fourth-order valence-corrected chi connectivity index (χ4v) is 1.66. The van der Waals surface area contributed by atoms with Crippen LogP contribution in [0.2, 0.25) is 0 Å². The van der Waals surface area contributed by atoms with Gasteiger partial charge in [0.25, 0.3) is 0 Å². The first-order valence-electron chi connectivity index (χ1n) is 5.37. The van der Waals surface area contributed by atoms with Crippen molar-refractivity contribution in [3.63, 3.8) is 0 Å².